The molecule has 0 aliphatic carbocycles. The standard InChI is InChI=1S/C24H28N6O/c1-2-3-14-20-29-21-22(18-12-7-8-13-19(18)28-23(21)25)30(20)16-9-15-26-24(31)27-17-10-5-4-6-11-17/h4-8,10-13H,2-3,9,14-16H2,1H3,(H2,25,28)(H2,26,27,31). The predicted octanol–water partition coefficient (Wildman–Crippen LogP) is 4.72. The Bertz CT molecular complexity index is 1190. The number of carbonyl (C=O) groups excluding carboxylic acids is 1. The average Bonchev–Trinajstić information content (AvgIpc) is 3.15. The molecule has 0 atom stereocenters. The molecule has 0 aliphatic heterocycles. The quantitative estimate of drug-likeness (QED) is 0.362. The molecular weight excluding hydrogens is 388 g/mol. The summed E-state index contributed by atoms with van der Waals surface area (Å²) in [5.41, 5.74) is 9.69. The maximum atomic E-state index is 12.1. The second kappa shape index (κ2) is 9.47. The number of imidazole rings is 1. The molecule has 4 aromatic rings. The minimum atomic E-state index is -0.202. The smallest absolute Gasteiger partial charge is 0.319 e. The molecule has 0 bridgehead atoms. The lowest BCUT2D eigenvalue weighted by Crippen LogP contribution is -2.30. The number of anilines is 2. The highest BCUT2D eigenvalue weighted by atomic mass is 16.2. The molecule has 4 N–H and O–H groups in total. The normalized spacial score (nSPS) is 11.1. The van der Waals surface area contributed by atoms with E-state index in [1.54, 1.807) is 0 Å². The molecule has 7 heteroatoms. The van der Waals surface area contributed by atoms with Crippen molar-refractivity contribution in [2.75, 3.05) is 17.6 Å². The number of pyridine rings is 1. The molecule has 7 nitrogen and oxygen atoms in total. The number of fused-ring (bicyclic) bond motifs is 3. The van der Waals surface area contributed by atoms with Gasteiger partial charge in [0.05, 0.1) is 11.0 Å². The van der Waals surface area contributed by atoms with Crippen molar-refractivity contribution in [3.8, 4) is 0 Å². The molecule has 0 aliphatic rings. The van der Waals surface area contributed by atoms with Gasteiger partial charge >= 0.3 is 6.03 Å². The van der Waals surface area contributed by atoms with Crippen molar-refractivity contribution in [2.24, 2.45) is 0 Å². The van der Waals surface area contributed by atoms with Crippen molar-refractivity contribution in [1.29, 1.82) is 0 Å². The average molecular weight is 417 g/mol. The number of aryl methyl sites for hydroxylation is 2. The summed E-state index contributed by atoms with van der Waals surface area (Å²) in [6.45, 7) is 3.48. The van der Waals surface area contributed by atoms with Gasteiger partial charge in [0.2, 0.25) is 0 Å². The van der Waals surface area contributed by atoms with Crippen LogP contribution in [0.3, 0.4) is 0 Å². The molecule has 2 aromatic heterocycles. The lowest BCUT2D eigenvalue weighted by molar-refractivity contribution is 0.252. The number of hydrogen-bond donors (Lipinski definition) is 3. The molecular formula is C24H28N6O. The highest BCUT2D eigenvalue weighted by Crippen LogP contribution is 2.29. The van der Waals surface area contributed by atoms with Crippen LogP contribution < -0.4 is 16.4 Å². The number of rotatable bonds is 8. The van der Waals surface area contributed by atoms with Gasteiger partial charge in [-0.25, -0.2) is 14.8 Å². The van der Waals surface area contributed by atoms with Crippen molar-refractivity contribution in [3.05, 3.63) is 60.4 Å². The first kappa shape index (κ1) is 20.7. The largest absolute Gasteiger partial charge is 0.382 e. The number of carbonyl (C=O) groups is 1. The summed E-state index contributed by atoms with van der Waals surface area (Å²) in [6.07, 6.45) is 3.83. The van der Waals surface area contributed by atoms with E-state index in [0.29, 0.717) is 12.4 Å². The molecule has 0 spiro atoms. The SMILES string of the molecule is CCCCc1nc2c(N)nc3ccccc3c2n1CCCNC(=O)Nc1ccccc1. The van der Waals surface area contributed by atoms with Gasteiger partial charge in [-0.1, -0.05) is 49.7 Å². The Kier molecular flexibility index (Phi) is 6.31. The van der Waals surface area contributed by atoms with Crippen LogP contribution in [-0.2, 0) is 13.0 Å². The third kappa shape index (κ3) is 4.60. The number of benzene rings is 2. The molecule has 0 saturated carbocycles. The lowest BCUT2D eigenvalue weighted by Gasteiger charge is -2.12. The third-order valence-electron chi connectivity index (χ3n) is 5.32. The maximum absolute atomic E-state index is 12.1. The summed E-state index contributed by atoms with van der Waals surface area (Å²) in [5.74, 6) is 1.49. The molecule has 2 aromatic carbocycles. The Balaban J connectivity index is 1.52. The molecule has 2 heterocycles. The van der Waals surface area contributed by atoms with E-state index in [2.05, 4.69) is 33.2 Å². The van der Waals surface area contributed by atoms with Gasteiger partial charge in [-0.2, -0.15) is 0 Å². The van der Waals surface area contributed by atoms with Crippen molar-refractivity contribution in [2.45, 2.75) is 39.2 Å². The number of urea groups is 1. The van der Waals surface area contributed by atoms with Gasteiger partial charge < -0.3 is 20.9 Å². The Hall–Kier alpha value is -3.61. The van der Waals surface area contributed by atoms with Crippen molar-refractivity contribution >= 4 is 39.5 Å². The van der Waals surface area contributed by atoms with Gasteiger partial charge in [0, 0.05) is 30.6 Å². The zero-order valence-electron chi connectivity index (χ0n) is 17.8. The van der Waals surface area contributed by atoms with E-state index in [0.717, 1.165) is 65.7 Å². The molecule has 2 amide bonds. The van der Waals surface area contributed by atoms with Crippen LogP contribution in [0.1, 0.15) is 32.0 Å². The highest BCUT2D eigenvalue weighted by Gasteiger charge is 2.16. The van der Waals surface area contributed by atoms with Crippen LogP contribution in [0.4, 0.5) is 16.3 Å². The number of nitrogens with zero attached hydrogens (tertiary/aromatic N) is 3. The Labute approximate surface area is 181 Å². The minimum absolute atomic E-state index is 0.202. The van der Waals surface area contributed by atoms with E-state index >= 15 is 0 Å². The zero-order valence-corrected chi connectivity index (χ0v) is 17.8. The molecule has 0 saturated heterocycles. The van der Waals surface area contributed by atoms with Crippen LogP contribution in [0.15, 0.2) is 54.6 Å². The maximum Gasteiger partial charge on any atom is 0.319 e. The molecule has 160 valence electrons. The lowest BCUT2D eigenvalue weighted by atomic mass is 10.2. The Morgan fingerprint density at radius 2 is 1.81 bits per heavy atom. The monoisotopic (exact) mass is 416 g/mol. The number of amides is 2. The minimum Gasteiger partial charge on any atom is -0.382 e. The van der Waals surface area contributed by atoms with Gasteiger partial charge in [0.25, 0.3) is 0 Å². The topological polar surface area (TPSA) is 97.9 Å². The second-order valence-corrected chi connectivity index (χ2v) is 7.60. The van der Waals surface area contributed by atoms with E-state index in [-0.39, 0.29) is 6.03 Å². The summed E-state index contributed by atoms with van der Waals surface area (Å²) < 4.78 is 2.25. The fourth-order valence-electron chi connectivity index (χ4n) is 3.81. The van der Waals surface area contributed by atoms with E-state index in [1.807, 2.05) is 48.5 Å². The summed E-state index contributed by atoms with van der Waals surface area (Å²) in [7, 11) is 0. The number of para-hydroxylation sites is 2. The fourth-order valence-corrected chi connectivity index (χ4v) is 3.81. The summed E-state index contributed by atoms with van der Waals surface area (Å²) in [6, 6.07) is 17.2. The van der Waals surface area contributed by atoms with Crippen LogP contribution in [0, 0.1) is 0 Å². The summed E-state index contributed by atoms with van der Waals surface area (Å²) in [4.78, 5) is 21.5. The van der Waals surface area contributed by atoms with Crippen LogP contribution in [0.5, 0.6) is 0 Å². The van der Waals surface area contributed by atoms with Crippen LogP contribution in [0.25, 0.3) is 21.9 Å². The Morgan fingerprint density at radius 3 is 2.61 bits per heavy atom. The van der Waals surface area contributed by atoms with Gasteiger partial charge in [-0.3, -0.25) is 0 Å². The third-order valence-corrected chi connectivity index (χ3v) is 5.32. The summed E-state index contributed by atoms with van der Waals surface area (Å²) >= 11 is 0. The fraction of sp³-hybridized carbons (Fsp3) is 0.292. The second-order valence-electron chi connectivity index (χ2n) is 7.60. The van der Waals surface area contributed by atoms with Crippen LogP contribution in [0.2, 0.25) is 0 Å². The number of unbranched alkanes of at least 4 members (excludes halogenated alkanes) is 1. The van der Waals surface area contributed by atoms with E-state index in [4.69, 9.17) is 10.7 Å². The number of aromatic nitrogens is 3. The number of nitrogen functional groups attached to an aromatic ring is 1. The number of nitrogens with two attached hydrogens (primary N) is 1. The van der Waals surface area contributed by atoms with Crippen molar-refractivity contribution in [3.63, 3.8) is 0 Å². The predicted molar refractivity (Wildman–Crippen MR) is 126 cm³/mol. The van der Waals surface area contributed by atoms with Gasteiger partial charge in [-0.15, -0.1) is 0 Å². The van der Waals surface area contributed by atoms with Crippen molar-refractivity contribution < 1.29 is 4.79 Å². The van der Waals surface area contributed by atoms with E-state index < -0.39 is 0 Å². The number of nitrogens with one attached hydrogen (secondary N) is 2. The zero-order chi connectivity index (χ0) is 21.6. The van der Waals surface area contributed by atoms with E-state index in [9.17, 15) is 4.79 Å². The van der Waals surface area contributed by atoms with Crippen LogP contribution in [-0.4, -0.2) is 27.1 Å². The van der Waals surface area contributed by atoms with E-state index in [1.165, 1.54) is 0 Å². The van der Waals surface area contributed by atoms with Gasteiger partial charge in [0.1, 0.15) is 11.3 Å². The first-order valence-corrected chi connectivity index (χ1v) is 10.8. The first-order chi connectivity index (χ1) is 15.2. The summed E-state index contributed by atoms with van der Waals surface area (Å²) in [5, 5.41) is 6.83. The van der Waals surface area contributed by atoms with Gasteiger partial charge in [0.15, 0.2) is 5.82 Å². The van der Waals surface area contributed by atoms with Gasteiger partial charge in [-0.05, 0) is 31.0 Å². The van der Waals surface area contributed by atoms with Crippen molar-refractivity contribution in [1.82, 2.24) is 19.9 Å². The van der Waals surface area contributed by atoms with Crippen LogP contribution >= 0.6 is 0 Å². The number of hydrogen-bond acceptors (Lipinski definition) is 4. The molecule has 0 fully saturated rings. The molecule has 0 unspecified atom stereocenters. The highest BCUT2D eigenvalue weighted by molar-refractivity contribution is 6.06. The molecule has 4 rings (SSSR count). The molecule has 0 radical (unpaired) electrons. The first-order valence-electron chi connectivity index (χ1n) is 10.8. The Morgan fingerprint density at radius 1 is 1.03 bits per heavy atom. The molecule has 31 heavy (non-hydrogen) atoms.